The minimum Gasteiger partial charge on any atom is -0.467 e. The Bertz CT molecular complexity index is 792. The summed E-state index contributed by atoms with van der Waals surface area (Å²) < 4.78 is 11.2. The molecule has 2 aromatic rings. The smallest absolute Gasteiger partial charge is 0.188 e. The van der Waals surface area contributed by atoms with Gasteiger partial charge in [-0.15, -0.1) is 0 Å². The van der Waals surface area contributed by atoms with Crippen molar-refractivity contribution in [1.82, 2.24) is 0 Å². The van der Waals surface area contributed by atoms with Crippen LogP contribution in [0.5, 0.6) is 5.75 Å². The van der Waals surface area contributed by atoms with Crippen LogP contribution in [0.3, 0.4) is 0 Å². The van der Waals surface area contributed by atoms with Crippen molar-refractivity contribution in [2.75, 3.05) is 31.9 Å². The zero-order valence-electron chi connectivity index (χ0n) is 18.8. The van der Waals surface area contributed by atoms with Crippen molar-refractivity contribution in [2.45, 2.75) is 53.9 Å². The van der Waals surface area contributed by atoms with Crippen LogP contribution < -0.4 is 20.2 Å². The molecule has 1 unspecified atom stereocenters. The van der Waals surface area contributed by atoms with E-state index in [0.29, 0.717) is 8.58 Å². The van der Waals surface area contributed by atoms with E-state index in [1.165, 1.54) is 33.0 Å². The molecule has 2 aromatic carbocycles. The van der Waals surface area contributed by atoms with E-state index in [9.17, 15) is 0 Å². The van der Waals surface area contributed by atoms with Crippen molar-refractivity contribution >= 4 is 24.9 Å². The lowest BCUT2D eigenvalue weighted by molar-refractivity contribution is 0.0514. The molecule has 0 heterocycles. The number of hydrogen-bond donors (Lipinski definition) is 0. The molecule has 0 aliphatic rings. The Morgan fingerprint density at radius 1 is 1.00 bits per heavy atom. The second-order valence-corrected chi connectivity index (χ2v) is 9.53. The Morgan fingerprint density at radius 3 is 2.25 bits per heavy atom. The summed E-state index contributed by atoms with van der Waals surface area (Å²) in [7, 11) is 2.20. The van der Waals surface area contributed by atoms with Crippen LogP contribution in [0.4, 0.5) is 5.69 Å². The van der Waals surface area contributed by atoms with Gasteiger partial charge in [-0.25, -0.2) is 0 Å². The molecule has 0 aliphatic heterocycles. The summed E-state index contributed by atoms with van der Waals surface area (Å²) in [5.41, 5.74) is 5.27. The van der Waals surface area contributed by atoms with Gasteiger partial charge in [0.2, 0.25) is 0 Å². The van der Waals surface area contributed by atoms with E-state index >= 15 is 0 Å². The van der Waals surface area contributed by atoms with Crippen LogP contribution >= 0.6 is 8.58 Å². The highest BCUT2D eigenvalue weighted by atomic mass is 31.1. The van der Waals surface area contributed by atoms with Crippen LogP contribution in [-0.2, 0) is 10.2 Å². The summed E-state index contributed by atoms with van der Waals surface area (Å²) in [5.74, 6) is 0.960. The maximum absolute atomic E-state index is 6.02. The maximum Gasteiger partial charge on any atom is 0.188 e. The van der Waals surface area contributed by atoms with E-state index < -0.39 is 0 Å². The van der Waals surface area contributed by atoms with Crippen molar-refractivity contribution in [3.63, 3.8) is 0 Å². The summed E-state index contributed by atoms with van der Waals surface area (Å²) in [4.78, 5) is 2.44. The van der Waals surface area contributed by atoms with Gasteiger partial charge in [0.05, 0.1) is 0 Å². The summed E-state index contributed by atoms with van der Waals surface area (Å²) >= 11 is 0. The molecule has 0 amide bonds. The Morgan fingerprint density at radius 2 is 1.68 bits per heavy atom. The first kappa shape index (κ1) is 22.7. The molecule has 4 heteroatoms. The molecule has 28 heavy (non-hydrogen) atoms. The average molecular weight is 402 g/mol. The lowest BCUT2D eigenvalue weighted by Crippen LogP contribution is -2.28. The second-order valence-electron chi connectivity index (χ2n) is 8.24. The molecule has 0 aliphatic carbocycles. The van der Waals surface area contributed by atoms with Gasteiger partial charge < -0.3 is 14.4 Å². The molecule has 0 saturated carbocycles. The number of aryl methyl sites for hydroxylation is 2. The van der Waals surface area contributed by atoms with Gasteiger partial charge in [0.15, 0.2) is 6.79 Å². The highest BCUT2D eigenvalue weighted by Crippen LogP contribution is 2.32. The largest absolute Gasteiger partial charge is 0.467 e. The fourth-order valence-electron chi connectivity index (χ4n) is 3.39. The minimum absolute atomic E-state index is 0.0945. The highest BCUT2D eigenvalue weighted by Gasteiger charge is 2.20. The predicted molar refractivity (Wildman–Crippen MR) is 125 cm³/mol. The van der Waals surface area contributed by atoms with Gasteiger partial charge in [-0.05, 0) is 61.9 Å². The maximum atomic E-state index is 6.02. The number of hydrogen-bond acceptors (Lipinski definition) is 3. The van der Waals surface area contributed by atoms with Gasteiger partial charge in [0.1, 0.15) is 5.75 Å². The molecule has 0 bridgehead atoms. The van der Waals surface area contributed by atoms with E-state index in [0.717, 1.165) is 18.8 Å². The van der Waals surface area contributed by atoms with Crippen LogP contribution in [0.15, 0.2) is 30.3 Å². The minimum atomic E-state index is 0.0945. The quantitative estimate of drug-likeness (QED) is 0.456. The average Bonchev–Trinajstić information content (AvgIpc) is 2.63. The van der Waals surface area contributed by atoms with Crippen LogP contribution in [0.1, 0.15) is 51.3 Å². The van der Waals surface area contributed by atoms with Crippen molar-refractivity contribution in [1.29, 1.82) is 0 Å². The molecule has 154 valence electrons. The number of anilines is 1. The van der Waals surface area contributed by atoms with E-state index in [2.05, 4.69) is 83.7 Å². The number of ether oxygens (including phenoxy) is 2. The molecule has 0 saturated heterocycles. The Labute approximate surface area is 173 Å². The van der Waals surface area contributed by atoms with Crippen molar-refractivity contribution in [3.05, 3.63) is 47.0 Å². The van der Waals surface area contributed by atoms with Gasteiger partial charge in [-0.3, -0.25) is 0 Å². The standard InChI is InChI=1S/C24H36NO2P/c1-9-25(10-2)20-13-11-12-17(3)23(20)28-21-15-19(24(5,6)7)14-18(4)22(21)27-16-26-8/h11-15,28H,9-10,16H2,1-8H3. The fraction of sp³-hybridized carbons (Fsp3) is 0.500. The molecule has 2 rings (SSSR count). The molecule has 1 atom stereocenters. The first-order valence-electron chi connectivity index (χ1n) is 10.1. The van der Waals surface area contributed by atoms with Crippen LogP contribution in [-0.4, -0.2) is 27.0 Å². The Hall–Kier alpha value is -1.57. The van der Waals surface area contributed by atoms with Crippen molar-refractivity contribution < 1.29 is 9.47 Å². The van der Waals surface area contributed by atoms with Crippen LogP contribution in [0, 0.1) is 13.8 Å². The topological polar surface area (TPSA) is 21.7 Å². The van der Waals surface area contributed by atoms with E-state index in [4.69, 9.17) is 9.47 Å². The van der Waals surface area contributed by atoms with Crippen molar-refractivity contribution in [3.8, 4) is 5.75 Å². The number of benzene rings is 2. The Balaban J connectivity index is 2.60. The van der Waals surface area contributed by atoms with Gasteiger partial charge in [-0.1, -0.05) is 47.6 Å². The molecular formula is C24H36NO2P. The van der Waals surface area contributed by atoms with Gasteiger partial charge >= 0.3 is 0 Å². The molecule has 3 nitrogen and oxygen atoms in total. The number of methoxy groups -OCH3 is 1. The van der Waals surface area contributed by atoms with E-state index in [1.54, 1.807) is 7.11 Å². The lowest BCUT2D eigenvalue weighted by atomic mass is 9.86. The molecule has 0 radical (unpaired) electrons. The molecule has 0 aromatic heterocycles. The fourth-order valence-corrected chi connectivity index (χ4v) is 4.92. The molecular weight excluding hydrogens is 365 g/mol. The van der Waals surface area contributed by atoms with Crippen LogP contribution in [0.2, 0.25) is 0 Å². The summed E-state index contributed by atoms with van der Waals surface area (Å²) in [6.07, 6.45) is 0. The highest BCUT2D eigenvalue weighted by molar-refractivity contribution is 7.56. The van der Waals surface area contributed by atoms with Gasteiger partial charge in [-0.2, -0.15) is 0 Å². The summed E-state index contributed by atoms with van der Waals surface area (Å²) in [6.45, 7) is 17.9. The Kier molecular flexibility index (Phi) is 7.92. The third-order valence-corrected chi connectivity index (χ3v) is 6.62. The third kappa shape index (κ3) is 5.27. The molecule has 0 N–H and O–H groups in total. The summed E-state index contributed by atoms with van der Waals surface area (Å²) in [6, 6.07) is 11.2. The van der Waals surface area contributed by atoms with Gasteiger partial charge in [0, 0.05) is 36.5 Å². The normalized spacial score (nSPS) is 12.0. The second kappa shape index (κ2) is 9.76. The predicted octanol–water partition coefficient (Wildman–Crippen LogP) is 5.06. The van der Waals surface area contributed by atoms with Gasteiger partial charge in [0.25, 0.3) is 0 Å². The number of rotatable bonds is 8. The SMILES string of the molecule is CCN(CC)c1cccc(C)c1Pc1cc(C(C)(C)C)cc(C)c1OCOC. The molecule has 0 spiro atoms. The van der Waals surface area contributed by atoms with E-state index in [-0.39, 0.29) is 12.2 Å². The zero-order chi connectivity index (χ0) is 20.9. The zero-order valence-corrected chi connectivity index (χ0v) is 19.8. The monoisotopic (exact) mass is 401 g/mol. The van der Waals surface area contributed by atoms with Crippen LogP contribution in [0.25, 0.3) is 0 Å². The molecule has 0 fully saturated rings. The summed E-state index contributed by atoms with van der Waals surface area (Å²) in [5, 5.41) is 2.66. The van der Waals surface area contributed by atoms with Crippen molar-refractivity contribution in [2.24, 2.45) is 0 Å². The van der Waals surface area contributed by atoms with E-state index in [1.807, 2.05) is 0 Å². The first-order valence-corrected chi connectivity index (χ1v) is 11.1. The third-order valence-electron chi connectivity index (χ3n) is 5.08. The lowest BCUT2D eigenvalue weighted by Gasteiger charge is -2.27. The first-order chi connectivity index (χ1) is 13.2. The number of nitrogens with zero attached hydrogens (tertiary/aromatic N) is 1.